The molecule has 8 heteroatoms. The molecule has 0 radical (unpaired) electrons. The Morgan fingerprint density at radius 2 is 1.75 bits per heavy atom. The Morgan fingerprint density at radius 3 is 2.36 bits per heavy atom. The minimum atomic E-state index is -0.523. The summed E-state index contributed by atoms with van der Waals surface area (Å²) in [6.07, 6.45) is 1.25. The minimum absolute atomic E-state index is 0.170. The van der Waals surface area contributed by atoms with Gasteiger partial charge in [0, 0.05) is 27.7 Å². The number of pyridine rings is 1. The summed E-state index contributed by atoms with van der Waals surface area (Å²) in [7, 11) is 0. The summed E-state index contributed by atoms with van der Waals surface area (Å²) < 4.78 is 6.83. The molecule has 4 rings (SSSR count). The summed E-state index contributed by atoms with van der Waals surface area (Å²) in [6, 6.07) is 18.8. The smallest absolute Gasteiger partial charge is 0.239 e. The van der Waals surface area contributed by atoms with Crippen LogP contribution in [0.2, 0.25) is 0 Å². The van der Waals surface area contributed by atoms with E-state index >= 15 is 0 Å². The zero-order valence-electron chi connectivity index (χ0n) is 14.3. The quantitative estimate of drug-likeness (QED) is 0.496. The van der Waals surface area contributed by atoms with Crippen LogP contribution in [0.1, 0.15) is 5.56 Å². The molecule has 0 saturated heterocycles. The van der Waals surface area contributed by atoms with E-state index in [0.29, 0.717) is 22.5 Å². The van der Waals surface area contributed by atoms with E-state index < -0.39 is 5.95 Å². The Labute approximate surface area is 168 Å². The molecule has 0 atom stereocenters. The Morgan fingerprint density at radius 1 is 1.07 bits per heavy atom. The van der Waals surface area contributed by atoms with Crippen molar-refractivity contribution in [2.45, 2.75) is 0 Å². The summed E-state index contributed by atoms with van der Waals surface area (Å²) in [5, 5.41) is 24.3. The van der Waals surface area contributed by atoms with E-state index in [1.165, 1.54) is 10.9 Å². The SMILES string of the molecule is N#Cc1c(-c2ccc(Br)cc2)cc(-c2ccc(-[n+]3cc([O-])on3)cc2)nc1N. The van der Waals surface area contributed by atoms with Gasteiger partial charge >= 0.3 is 0 Å². The Kier molecular flexibility index (Phi) is 4.51. The van der Waals surface area contributed by atoms with Gasteiger partial charge in [0.2, 0.25) is 11.9 Å². The highest BCUT2D eigenvalue weighted by Crippen LogP contribution is 2.32. The molecular formula is C20H12BrN5O2. The van der Waals surface area contributed by atoms with Gasteiger partial charge in [-0.15, -0.1) is 0 Å². The van der Waals surface area contributed by atoms with Crippen LogP contribution in [0.25, 0.3) is 28.1 Å². The number of hydrogen-bond donors (Lipinski definition) is 1. The first-order chi connectivity index (χ1) is 13.5. The van der Waals surface area contributed by atoms with Crippen molar-refractivity contribution in [3.63, 3.8) is 0 Å². The number of rotatable bonds is 3. The molecule has 0 aliphatic rings. The highest BCUT2D eigenvalue weighted by atomic mass is 79.9. The third-order valence-electron chi connectivity index (χ3n) is 4.19. The molecule has 7 nitrogen and oxygen atoms in total. The van der Waals surface area contributed by atoms with Crippen molar-refractivity contribution in [1.29, 1.82) is 5.26 Å². The van der Waals surface area contributed by atoms with Gasteiger partial charge in [0.15, 0.2) is 0 Å². The normalized spacial score (nSPS) is 10.6. The molecule has 0 spiro atoms. The number of anilines is 1. The number of aromatic nitrogens is 3. The lowest BCUT2D eigenvalue weighted by atomic mass is 9.98. The maximum absolute atomic E-state index is 11.1. The molecule has 0 fully saturated rings. The summed E-state index contributed by atoms with van der Waals surface area (Å²) >= 11 is 3.41. The van der Waals surface area contributed by atoms with E-state index in [0.717, 1.165) is 15.6 Å². The van der Waals surface area contributed by atoms with Crippen molar-refractivity contribution in [3.8, 4) is 40.1 Å². The Hall–Kier alpha value is -3.70. The number of benzene rings is 2. The van der Waals surface area contributed by atoms with E-state index in [-0.39, 0.29) is 5.82 Å². The maximum Gasteiger partial charge on any atom is 0.239 e. The summed E-state index contributed by atoms with van der Waals surface area (Å²) in [4.78, 5) is 4.38. The number of nitrogens with two attached hydrogens (primary N) is 1. The zero-order chi connectivity index (χ0) is 19.7. The lowest BCUT2D eigenvalue weighted by molar-refractivity contribution is -0.670. The number of nitriles is 1. The molecule has 2 aromatic carbocycles. The Bertz CT molecular complexity index is 1190. The molecule has 2 heterocycles. The van der Waals surface area contributed by atoms with E-state index in [1.54, 1.807) is 12.1 Å². The molecule has 28 heavy (non-hydrogen) atoms. The molecular weight excluding hydrogens is 422 g/mol. The predicted molar refractivity (Wildman–Crippen MR) is 103 cm³/mol. The van der Waals surface area contributed by atoms with E-state index in [1.807, 2.05) is 42.5 Å². The van der Waals surface area contributed by atoms with Gasteiger partial charge in [-0.1, -0.05) is 28.1 Å². The molecule has 0 aliphatic carbocycles. The van der Waals surface area contributed by atoms with Crippen molar-refractivity contribution in [2.75, 3.05) is 5.73 Å². The predicted octanol–water partition coefficient (Wildman–Crippen LogP) is 2.97. The van der Waals surface area contributed by atoms with Crippen LogP contribution in [0.15, 0.2) is 69.8 Å². The third kappa shape index (κ3) is 3.31. The molecule has 2 aromatic heterocycles. The fourth-order valence-electron chi connectivity index (χ4n) is 2.83. The van der Waals surface area contributed by atoms with Crippen molar-refractivity contribution >= 4 is 21.7 Å². The van der Waals surface area contributed by atoms with Crippen molar-refractivity contribution in [3.05, 3.63) is 70.8 Å². The van der Waals surface area contributed by atoms with Crippen molar-refractivity contribution in [2.24, 2.45) is 0 Å². The van der Waals surface area contributed by atoms with E-state index in [9.17, 15) is 10.4 Å². The second-order valence-electron chi connectivity index (χ2n) is 5.95. The van der Waals surface area contributed by atoms with Gasteiger partial charge in [0.25, 0.3) is 0 Å². The van der Waals surface area contributed by atoms with Crippen LogP contribution in [0.4, 0.5) is 5.82 Å². The zero-order valence-corrected chi connectivity index (χ0v) is 15.9. The first kappa shape index (κ1) is 17.7. The summed E-state index contributed by atoms with van der Waals surface area (Å²) in [5.74, 6) is -0.353. The third-order valence-corrected chi connectivity index (χ3v) is 4.72. The van der Waals surface area contributed by atoms with Crippen LogP contribution < -0.4 is 15.5 Å². The molecule has 0 aliphatic heterocycles. The highest BCUT2D eigenvalue weighted by molar-refractivity contribution is 9.10. The standard InChI is InChI=1S/C20H12BrN5O2/c21-14-5-1-12(2-6-14)16-9-18(24-20(23)17(16)10-22)13-3-7-15(8-4-13)26-11-19(27)28-25-26/h1-9,11H,(H2-,23,24,25,27). The molecule has 136 valence electrons. The van der Waals surface area contributed by atoms with Gasteiger partial charge in [-0.25, -0.2) is 4.98 Å². The lowest BCUT2D eigenvalue weighted by Gasteiger charge is -2.10. The average molecular weight is 434 g/mol. The number of halogens is 1. The number of nitrogens with zero attached hydrogens (tertiary/aromatic N) is 4. The fraction of sp³-hybridized carbons (Fsp3) is 0. The molecule has 2 N–H and O–H groups in total. The van der Waals surface area contributed by atoms with Crippen molar-refractivity contribution < 1.29 is 14.3 Å². The van der Waals surface area contributed by atoms with Crippen LogP contribution in [0, 0.1) is 11.3 Å². The first-order valence-electron chi connectivity index (χ1n) is 8.18. The lowest BCUT2D eigenvalue weighted by Crippen LogP contribution is -2.31. The van der Waals surface area contributed by atoms with Gasteiger partial charge in [0.05, 0.1) is 11.0 Å². The fourth-order valence-corrected chi connectivity index (χ4v) is 3.09. The van der Waals surface area contributed by atoms with Crippen LogP contribution in [0.3, 0.4) is 0 Å². The number of nitrogen functional groups attached to an aromatic ring is 1. The molecule has 4 aromatic rings. The van der Waals surface area contributed by atoms with E-state index in [2.05, 4.69) is 36.8 Å². The average Bonchev–Trinajstić information content (AvgIpc) is 3.14. The second kappa shape index (κ2) is 7.13. The molecule has 0 bridgehead atoms. The minimum Gasteiger partial charge on any atom is -0.539 e. The van der Waals surface area contributed by atoms with Crippen LogP contribution in [-0.2, 0) is 0 Å². The van der Waals surface area contributed by atoms with E-state index in [4.69, 9.17) is 5.73 Å². The second-order valence-corrected chi connectivity index (χ2v) is 6.86. The summed E-state index contributed by atoms with van der Waals surface area (Å²) in [5.41, 5.74) is 10.1. The van der Waals surface area contributed by atoms with Gasteiger partial charge in [-0.2, -0.15) is 5.26 Å². The van der Waals surface area contributed by atoms with Crippen LogP contribution >= 0.6 is 15.9 Å². The van der Waals surface area contributed by atoms with Gasteiger partial charge in [-0.3, -0.25) is 0 Å². The Balaban J connectivity index is 1.78. The largest absolute Gasteiger partial charge is 0.539 e. The topological polar surface area (TPSA) is 116 Å². The highest BCUT2D eigenvalue weighted by Gasteiger charge is 2.15. The first-order valence-corrected chi connectivity index (χ1v) is 8.97. The molecule has 0 unspecified atom stereocenters. The van der Waals surface area contributed by atoms with Crippen molar-refractivity contribution in [1.82, 2.24) is 10.3 Å². The maximum atomic E-state index is 11.1. The monoisotopic (exact) mass is 433 g/mol. The van der Waals surface area contributed by atoms with Gasteiger partial charge in [0.1, 0.15) is 23.4 Å². The molecule has 0 saturated carbocycles. The summed E-state index contributed by atoms with van der Waals surface area (Å²) in [6.45, 7) is 0. The van der Waals surface area contributed by atoms with Gasteiger partial charge in [-0.05, 0) is 40.6 Å². The molecule has 0 amide bonds. The van der Waals surface area contributed by atoms with Crippen LogP contribution in [0.5, 0.6) is 5.95 Å². The van der Waals surface area contributed by atoms with Gasteiger partial charge < -0.3 is 15.4 Å². The van der Waals surface area contributed by atoms with Crippen LogP contribution in [-0.4, -0.2) is 10.3 Å². The number of hydrogen-bond acceptors (Lipinski definition) is 6.